The number of rotatable bonds is 2. The second-order valence-corrected chi connectivity index (χ2v) is 5.80. The number of tetrazole rings is 1. The SMILES string of the molecule is CC1(C)OB(c2ccc(-c3nn[nH]n3)nc2)OC1(C)C. The van der Waals surface area contributed by atoms with Gasteiger partial charge >= 0.3 is 7.12 Å². The number of aromatic nitrogens is 5. The maximum Gasteiger partial charge on any atom is 0.496 e. The Kier molecular flexibility index (Phi) is 2.88. The van der Waals surface area contributed by atoms with Crippen molar-refractivity contribution in [3.63, 3.8) is 0 Å². The average Bonchev–Trinajstić information content (AvgIpc) is 2.97. The van der Waals surface area contributed by atoms with Gasteiger partial charge in [0.05, 0.1) is 11.2 Å². The van der Waals surface area contributed by atoms with Crippen LogP contribution in [0, 0.1) is 0 Å². The Balaban J connectivity index is 1.83. The summed E-state index contributed by atoms with van der Waals surface area (Å²) in [7, 11) is -0.410. The molecule has 0 unspecified atom stereocenters. The minimum atomic E-state index is -0.410. The Hall–Kier alpha value is -1.80. The first-order valence-corrected chi connectivity index (χ1v) is 6.44. The van der Waals surface area contributed by atoms with Crippen molar-refractivity contribution < 1.29 is 9.31 Å². The van der Waals surface area contributed by atoms with E-state index in [4.69, 9.17) is 9.31 Å². The van der Waals surface area contributed by atoms with E-state index in [0.717, 1.165) is 5.46 Å². The van der Waals surface area contributed by atoms with Gasteiger partial charge < -0.3 is 9.31 Å². The Bertz CT molecular complexity index is 581. The quantitative estimate of drug-likeness (QED) is 0.805. The molecule has 3 heterocycles. The van der Waals surface area contributed by atoms with Crippen LogP contribution in [-0.2, 0) is 9.31 Å². The smallest absolute Gasteiger partial charge is 0.399 e. The summed E-state index contributed by atoms with van der Waals surface area (Å²) in [5, 5.41) is 13.7. The third-order valence-corrected chi connectivity index (χ3v) is 3.89. The van der Waals surface area contributed by atoms with Crippen molar-refractivity contribution in [3.8, 4) is 11.5 Å². The molecule has 0 bridgehead atoms. The first kappa shape index (κ1) is 13.2. The van der Waals surface area contributed by atoms with Crippen molar-refractivity contribution in [1.82, 2.24) is 25.6 Å². The highest BCUT2D eigenvalue weighted by Gasteiger charge is 2.51. The molecular weight excluding hydrogens is 257 g/mol. The van der Waals surface area contributed by atoms with Gasteiger partial charge in [-0.3, -0.25) is 4.98 Å². The van der Waals surface area contributed by atoms with Gasteiger partial charge in [-0.1, -0.05) is 6.07 Å². The van der Waals surface area contributed by atoms with Gasteiger partial charge in [0, 0.05) is 11.7 Å². The number of aromatic amines is 1. The zero-order chi connectivity index (χ0) is 14.4. The molecule has 0 saturated carbocycles. The summed E-state index contributed by atoms with van der Waals surface area (Å²) < 4.78 is 11.9. The molecule has 0 aliphatic carbocycles. The molecule has 20 heavy (non-hydrogen) atoms. The normalized spacial score (nSPS) is 20.3. The van der Waals surface area contributed by atoms with Crippen LogP contribution in [0.25, 0.3) is 11.5 Å². The van der Waals surface area contributed by atoms with Gasteiger partial charge in [-0.05, 0) is 39.0 Å². The molecule has 2 aromatic heterocycles. The van der Waals surface area contributed by atoms with Crippen LogP contribution < -0.4 is 5.46 Å². The zero-order valence-corrected chi connectivity index (χ0v) is 11.9. The number of H-pyrrole nitrogens is 1. The predicted molar refractivity (Wildman–Crippen MR) is 73.1 cm³/mol. The summed E-state index contributed by atoms with van der Waals surface area (Å²) in [6.07, 6.45) is 1.72. The average molecular weight is 273 g/mol. The minimum absolute atomic E-state index is 0.357. The molecule has 7 nitrogen and oxygen atoms in total. The largest absolute Gasteiger partial charge is 0.496 e. The topological polar surface area (TPSA) is 85.8 Å². The number of nitrogens with zero attached hydrogens (tertiary/aromatic N) is 4. The number of hydrogen-bond donors (Lipinski definition) is 1. The molecule has 0 atom stereocenters. The van der Waals surface area contributed by atoms with Crippen molar-refractivity contribution in [2.24, 2.45) is 0 Å². The monoisotopic (exact) mass is 273 g/mol. The Morgan fingerprint density at radius 1 is 1.10 bits per heavy atom. The number of hydrogen-bond acceptors (Lipinski definition) is 6. The van der Waals surface area contributed by atoms with Gasteiger partial charge in [-0.2, -0.15) is 5.21 Å². The van der Waals surface area contributed by atoms with Crippen LogP contribution in [0.15, 0.2) is 18.3 Å². The zero-order valence-electron chi connectivity index (χ0n) is 11.9. The lowest BCUT2D eigenvalue weighted by atomic mass is 9.80. The van der Waals surface area contributed by atoms with Crippen molar-refractivity contribution in [3.05, 3.63) is 18.3 Å². The Morgan fingerprint density at radius 2 is 1.80 bits per heavy atom. The molecule has 0 amide bonds. The van der Waals surface area contributed by atoms with Crippen LogP contribution in [0.4, 0.5) is 0 Å². The summed E-state index contributed by atoms with van der Waals surface area (Å²) in [6, 6.07) is 3.73. The fourth-order valence-corrected chi connectivity index (χ4v) is 1.93. The minimum Gasteiger partial charge on any atom is -0.399 e. The first-order chi connectivity index (χ1) is 9.39. The molecule has 8 heteroatoms. The molecule has 0 aromatic carbocycles. The third kappa shape index (κ3) is 2.10. The molecule has 3 rings (SSSR count). The van der Waals surface area contributed by atoms with Crippen LogP contribution in [0.3, 0.4) is 0 Å². The van der Waals surface area contributed by atoms with Gasteiger partial charge in [-0.25, -0.2) is 0 Å². The summed E-state index contributed by atoms with van der Waals surface area (Å²) in [5.41, 5.74) is 0.809. The lowest BCUT2D eigenvalue weighted by molar-refractivity contribution is 0.00578. The van der Waals surface area contributed by atoms with Gasteiger partial charge in [-0.15, -0.1) is 10.2 Å². The molecule has 104 valence electrons. The molecule has 1 saturated heterocycles. The van der Waals surface area contributed by atoms with Crippen LogP contribution in [-0.4, -0.2) is 43.9 Å². The summed E-state index contributed by atoms with van der Waals surface area (Å²) in [6.45, 7) is 8.09. The fraction of sp³-hybridized carbons (Fsp3) is 0.500. The van der Waals surface area contributed by atoms with Gasteiger partial charge in [0.2, 0.25) is 5.82 Å². The summed E-state index contributed by atoms with van der Waals surface area (Å²) in [4.78, 5) is 4.32. The van der Waals surface area contributed by atoms with Crippen LogP contribution in [0.5, 0.6) is 0 Å². The highest BCUT2D eigenvalue weighted by atomic mass is 16.7. The summed E-state index contributed by atoms with van der Waals surface area (Å²) in [5.74, 6) is 0.463. The van der Waals surface area contributed by atoms with E-state index < -0.39 is 7.12 Å². The van der Waals surface area contributed by atoms with Gasteiger partial charge in [0.15, 0.2) is 0 Å². The molecule has 1 aliphatic heterocycles. The predicted octanol–water partition coefficient (Wildman–Crippen LogP) is 0.561. The third-order valence-electron chi connectivity index (χ3n) is 3.89. The molecule has 1 aliphatic rings. The van der Waals surface area contributed by atoms with Gasteiger partial charge in [0.1, 0.15) is 5.69 Å². The second kappa shape index (κ2) is 4.36. The van der Waals surface area contributed by atoms with Crippen LogP contribution >= 0.6 is 0 Å². The summed E-state index contributed by atoms with van der Waals surface area (Å²) >= 11 is 0. The molecule has 0 spiro atoms. The van der Waals surface area contributed by atoms with Crippen molar-refractivity contribution >= 4 is 12.6 Å². The number of nitrogens with one attached hydrogen (secondary N) is 1. The van der Waals surface area contributed by atoms with E-state index in [1.54, 1.807) is 6.20 Å². The first-order valence-electron chi connectivity index (χ1n) is 6.44. The fourth-order valence-electron chi connectivity index (χ4n) is 1.93. The van der Waals surface area contributed by atoms with E-state index in [0.29, 0.717) is 11.5 Å². The highest BCUT2D eigenvalue weighted by molar-refractivity contribution is 6.62. The Morgan fingerprint density at radius 3 is 2.30 bits per heavy atom. The molecule has 0 radical (unpaired) electrons. The van der Waals surface area contributed by atoms with E-state index in [1.807, 2.05) is 39.8 Å². The van der Waals surface area contributed by atoms with Crippen LogP contribution in [0.1, 0.15) is 27.7 Å². The lowest BCUT2D eigenvalue weighted by Crippen LogP contribution is -2.41. The maximum atomic E-state index is 5.97. The van der Waals surface area contributed by atoms with E-state index in [1.165, 1.54) is 0 Å². The second-order valence-electron chi connectivity index (χ2n) is 5.80. The molecule has 1 N–H and O–H groups in total. The maximum absolute atomic E-state index is 5.97. The standard InChI is InChI=1S/C12H16BN5O2/c1-11(2)12(3,4)20-13(19-11)8-5-6-9(14-7-8)10-15-17-18-16-10/h5-7H,1-4H3,(H,15,16,17,18). The van der Waals surface area contributed by atoms with Crippen LogP contribution in [0.2, 0.25) is 0 Å². The van der Waals surface area contributed by atoms with Crippen molar-refractivity contribution in [2.75, 3.05) is 0 Å². The highest BCUT2D eigenvalue weighted by Crippen LogP contribution is 2.36. The number of pyridine rings is 1. The Labute approximate surface area is 117 Å². The van der Waals surface area contributed by atoms with Crippen molar-refractivity contribution in [1.29, 1.82) is 0 Å². The van der Waals surface area contributed by atoms with Crippen molar-refractivity contribution in [2.45, 2.75) is 38.9 Å². The van der Waals surface area contributed by atoms with E-state index in [-0.39, 0.29) is 11.2 Å². The van der Waals surface area contributed by atoms with E-state index in [2.05, 4.69) is 25.6 Å². The van der Waals surface area contributed by atoms with E-state index >= 15 is 0 Å². The van der Waals surface area contributed by atoms with E-state index in [9.17, 15) is 0 Å². The molecule has 1 fully saturated rings. The molecular formula is C12H16BN5O2. The lowest BCUT2D eigenvalue weighted by Gasteiger charge is -2.32. The molecule has 2 aromatic rings. The van der Waals surface area contributed by atoms with Gasteiger partial charge in [0.25, 0.3) is 0 Å².